The molecule has 3 N–H and O–H groups in total. The Balaban J connectivity index is 1.97. The molecule has 1 aromatic heterocycles. The third kappa shape index (κ3) is 5.44. The average Bonchev–Trinajstić information content (AvgIpc) is 2.97. The predicted molar refractivity (Wildman–Crippen MR) is 82.8 cm³/mol. The van der Waals surface area contributed by atoms with Gasteiger partial charge in [-0.05, 0) is 12.8 Å². The van der Waals surface area contributed by atoms with E-state index in [-0.39, 0.29) is 5.56 Å². The van der Waals surface area contributed by atoms with E-state index in [1.54, 1.807) is 0 Å². The topological polar surface area (TPSA) is 166 Å². The van der Waals surface area contributed by atoms with Crippen LogP contribution in [-0.2, 0) is 34.3 Å². The minimum absolute atomic E-state index is 0.243. The zero-order valence-corrected chi connectivity index (χ0v) is 15.1. The number of nitrogens with zero attached hydrogens (tertiary/aromatic N) is 1. The summed E-state index contributed by atoms with van der Waals surface area (Å²) in [5.74, 6) is 0. The molecule has 0 bridgehead atoms. The second kappa shape index (κ2) is 7.65. The maximum absolute atomic E-state index is 11.8. The van der Waals surface area contributed by atoms with Crippen molar-refractivity contribution >= 4 is 15.6 Å². The lowest BCUT2D eigenvalue weighted by Crippen LogP contribution is -2.31. The van der Waals surface area contributed by atoms with Crippen LogP contribution in [0.1, 0.15) is 24.5 Å². The number of aryl methyl sites for hydroxylation is 1. The largest absolute Gasteiger partial charge is 0.481 e. The fourth-order valence-corrected chi connectivity index (χ4v) is 4.09. The molecular weight excluding hydrogens is 382 g/mol. The van der Waals surface area contributed by atoms with E-state index in [1.165, 1.54) is 17.8 Å². The van der Waals surface area contributed by atoms with Crippen LogP contribution in [-0.4, -0.2) is 39.2 Å². The first-order valence-electron chi connectivity index (χ1n) is 7.05. The summed E-state index contributed by atoms with van der Waals surface area (Å²) in [5, 5.41) is 0. The number of ether oxygens (including phenoxy) is 1. The highest BCUT2D eigenvalue weighted by atomic mass is 31.3. The van der Waals surface area contributed by atoms with Crippen LogP contribution in [0.2, 0.25) is 0 Å². The van der Waals surface area contributed by atoms with Gasteiger partial charge in [-0.15, -0.1) is 0 Å². The van der Waals surface area contributed by atoms with Gasteiger partial charge in [0.25, 0.3) is 5.56 Å². The van der Waals surface area contributed by atoms with Crippen LogP contribution in [0, 0.1) is 0 Å². The number of aromatic amines is 1. The van der Waals surface area contributed by atoms with Gasteiger partial charge in [0, 0.05) is 20.4 Å². The second-order valence-electron chi connectivity index (χ2n) is 5.28. The number of hydrogen-bond donors (Lipinski definition) is 3. The van der Waals surface area contributed by atoms with Gasteiger partial charge in [-0.2, -0.15) is 4.31 Å². The Bertz CT molecular complexity index is 833. The Kier molecular flexibility index (Phi) is 6.18. The molecule has 1 saturated heterocycles. The van der Waals surface area contributed by atoms with E-state index >= 15 is 0 Å². The van der Waals surface area contributed by atoms with Crippen molar-refractivity contribution in [1.29, 1.82) is 0 Å². The van der Waals surface area contributed by atoms with Crippen molar-refractivity contribution < 1.29 is 37.0 Å². The fourth-order valence-electron chi connectivity index (χ4n) is 2.23. The summed E-state index contributed by atoms with van der Waals surface area (Å²) in [6.07, 6.45) is 0.907. The van der Waals surface area contributed by atoms with Crippen LogP contribution < -0.4 is 11.2 Å². The molecule has 4 atom stereocenters. The Labute approximate surface area is 141 Å². The molecule has 0 radical (unpaired) electrons. The standard InChI is InChI=1S/C11H18N2O10P2/c1-13-5-8(10(14)12-11(13)15)9-4-3-7(22-9)6-21-25(18,19)23-24(16,17)20-2/h5,7,9H,3-4,6H2,1-2H3,(H,16,17)(H,18,19)(H,12,14,15)/t7?,9-/m1/s1. The van der Waals surface area contributed by atoms with Gasteiger partial charge in [0.15, 0.2) is 0 Å². The van der Waals surface area contributed by atoms with Crippen LogP contribution in [0.15, 0.2) is 15.8 Å². The summed E-state index contributed by atoms with van der Waals surface area (Å²) in [6, 6.07) is 0. The summed E-state index contributed by atoms with van der Waals surface area (Å²) in [7, 11) is -7.22. The number of phosphoric ester groups is 2. The van der Waals surface area contributed by atoms with E-state index in [4.69, 9.17) is 9.63 Å². The number of aromatic nitrogens is 2. The van der Waals surface area contributed by atoms with E-state index in [9.17, 15) is 23.6 Å². The molecule has 2 rings (SSSR count). The molecule has 0 aromatic carbocycles. The lowest BCUT2D eigenvalue weighted by atomic mass is 10.1. The predicted octanol–water partition coefficient (Wildman–Crippen LogP) is 0.174. The highest BCUT2D eigenvalue weighted by molar-refractivity contribution is 7.61. The average molecular weight is 400 g/mol. The van der Waals surface area contributed by atoms with Gasteiger partial charge in [0.2, 0.25) is 0 Å². The van der Waals surface area contributed by atoms with E-state index in [0.717, 1.165) is 7.11 Å². The van der Waals surface area contributed by atoms with Crippen molar-refractivity contribution in [2.24, 2.45) is 7.05 Å². The van der Waals surface area contributed by atoms with Crippen LogP contribution >= 0.6 is 15.6 Å². The van der Waals surface area contributed by atoms with Gasteiger partial charge in [0.1, 0.15) is 0 Å². The van der Waals surface area contributed by atoms with Crippen molar-refractivity contribution in [1.82, 2.24) is 9.55 Å². The molecule has 0 spiro atoms. The van der Waals surface area contributed by atoms with Crippen molar-refractivity contribution in [2.75, 3.05) is 13.7 Å². The molecule has 0 aliphatic carbocycles. The highest BCUT2D eigenvalue weighted by Gasteiger charge is 2.36. The summed E-state index contributed by atoms with van der Waals surface area (Å²) in [6.45, 7) is -0.405. The third-order valence-corrected chi connectivity index (χ3v) is 6.04. The van der Waals surface area contributed by atoms with Gasteiger partial charge >= 0.3 is 21.3 Å². The normalized spacial score (nSPS) is 25.4. The second-order valence-corrected chi connectivity index (χ2v) is 8.43. The lowest BCUT2D eigenvalue weighted by molar-refractivity contribution is 0.00907. The first-order chi connectivity index (χ1) is 11.5. The molecule has 12 nitrogen and oxygen atoms in total. The minimum Gasteiger partial charge on any atom is -0.368 e. The lowest BCUT2D eigenvalue weighted by Gasteiger charge is -2.17. The highest BCUT2D eigenvalue weighted by Crippen LogP contribution is 2.60. The molecule has 1 aromatic rings. The summed E-state index contributed by atoms with van der Waals surface area (Å²) in [5.41, 5.74) is -0.893. The van der Waals surface area contributed by atoms with E-state index in [1.807, 2.05) is 0 Å². The van der Waals surface area contributed by atoms with Crippen molar-refractivity contribution in [2.45, 2.75) is 25.0 Å². The molecule has 1 fully saturated rings. The Hall–Kier alpha value is -1.10. The minimum atomic E-state index is -4.83. The third-order valence-electron chi connectivity index (χ3n) is 3.45. The molecule has 0 saturated carbocycles. The van der Waals surface area contributed by atoms with Crippen molar-refractivity contribution in [3.05, 3.63) is 32.6 Å². The fraction of sp³-hybridized carbons (Fsp3) is 0.636. The molecule has 1 aliphatic heterocycles. The molecule has 142 valence electrons. The molecule has 3 unspecified atom stereocenters. The number of rotatable bonds is 7. The summed E-state index contributed by atoms with van der Waals surface area (Å²) < 4.78 is 42.2. The Morgan fingerprint density at radius 3 is 2.64 bits per heavy atom. The van der Waals surface area contributed by atoms with E-state index in [2.05, 4.69) is 18.3 Å². The van der Waals surface area contributed by atoms with Crippen molar-refractivity contribution in [3.63, 3.8) is 0 Å². The quantitative estimate of drug-likeness (QED) is 0.537. The van der Waals surface area contributed by atoms with E-state index in [0.29, 0.717) is 12.8 Å². The van der Waals surface area contributed by atoms with Gasteiger partial charge in [-0.25, -0.2) is 13.9 Å². The summed E-state index contributed by atoms with van der Waals surface area (Å²) >= 11 is 0. The van der Waals surface area contributed by atoms with E-state index < -0.39 is 45.7 Å². The van der Waals surface area contributed by atoms with Gasteiger partial charge in [0.05, 0.1) is 24.4 Å². The smallest absolute Gasteiger partial charge is 0.368 e. The molecule has 2 heterocycles. The van der Waals surface area contributed by atoms with Gasteiger partial charge in [-0.3, -0.25) is 18.8 Å². The molecule has 14 heteroatoms. The Morgan fingerprint density at radius 2 is 2.00 bits per heavy atom. The molecule has 1 aliphatic rings. The SMILES string of the molecule is COP(=O)(O)OP(=O)(O)OCC1CC[C@H](c2cn(C)c(=O)[nH]c2=O)O1. The van der Waals surface area contributed by atoms with Gasteiger partial charge < -0.3 is 19.1 Å². The first kappa shape index (κ1) is 20.2. The summed E-state index contributed by atoms with van der Waals surface area (Å²) in [4.78, 5) is 43.7. The maximum Gasteiger partial charge on any atom is 0.481 e. The van der Waals surface area contributed by atoms with Gasteiger partial charge in [-0.1, -0.05) is 0 Å². The van der Waals surface area contributed by atoms with Crippen LogP contribution in [0.25, 0.3) is 0 Å². The van der Waals surface area contributed by atoms with Crippen LogP contribution in [0.3, 0.4) is 0 Å². The zero-order valence-electron chi connectivity index (χ0n) is 13.4. The molecule has 0 amide bonds. The Morgan fingerprint density at radius 1 is 1.32 bits per heavy atom. The number of nitrogens with one attached hydrogen (secondary N) is 1. The van der Waals surface area contributed by atoms with Crippen LogP contribution in [0.4, 0.5) is 0 Å². The zero-order chi connectivity index (χ0) is 18.8. The first-order valence-corrected chi connectivity index (χ1v) is 10.0. The number of H-pyrrole nitrogens is 1. The maximum atomic E-state index is 11.8. The number of phosphoric acid groups is 2. The molecular formula is C11H18N2O10P2. The van der Waals surface area contributed by atoms with Crippen molar-refractivity contribution in [3.8, 4) is 0 Å². The molecule has 25 heavy (non-hydrogen) atoms. The van der Waals surface area contributed by atoms with Crippen LogP contribution in [0.5, 0.6) is 0 Å². The monoisotopic (exact) mass is 400 g/mol. The number of hydrogen-bond acceptors (Lipinski definition) is 8.